The first kappa shape index (κ1) is 30.1. The van der Waals surface area contributed by atoms with Gasteiger partial charge < -0.3 is 29.6 Å². The van der Waals surface area contributed by atoms with Crippen molar-refractivity contribution in [3.8, 4) is 11.5 Å². The largest absolute Gasteiger partial charge is 0.494 e. The molecule has 2 amide bonds. The van der Waals surface area contributed by atoms with Crippen LogP contribution in [0.1, 0.15) is 77.6 Å². The monoisotopic (exact) mass is 601 g/mol. The third kappa shape index (κ3) is 9.36. The number of benzene rings is 2. The van der Waals surface area contributed by atoms with E-state index in [-0.39, 0.29) is 12.1 Å². The van der Waals surface area contributed by atoms with Gasteiger partial charge in [0.1, 0.15) is 22.7 Å². The molecule has 9 nitrogen and oxygen atoms in total. The quantitative estimate of drug-likeness (QED) is 0.348. The lowest BCUT2D eigenvalue weighted by molar-refractivity contribution is 0.0478. The van der Waals surface area contributed by atoms with E-state index >= 15 is 0 Å². The second-order valence-electron chi connectivity index (χ2n) is 11.2. The average Bonchev–Trinajstić information content (AvgIpc) is 2.82. The number of halogens is 1. The van der Waals surface area contributed by atoms with Crippen LogP contribution in [0, 0.1) is 6.57 Å². The fraction of sp³-hybridized carbons (Fsp3) is 0.483. The van der Waals surface area contributed by atoms with Crippen LogP contribution in [-0.4, -0.2) is 36.6 Å². The molecule has 210 valence electrons. The van der Waals surface area contributed by atoms with Crippen molar-refractivity contribution in [2.24, 2.45) is 0 Å². The van der Waals surface area contributed by atoms with Gasteiger partial charge in [0.2, 0.25) is 0 Å². The number of amides is 2. The number of rotatable bonds is 2. The highest BCUT2D eigenvalue weighted by atomic mass is 79.9. The maximum Gasteiger partial charge on any atom is 0.408 e. The van der Waals surface area contributed by atoms with E-state index in [1.165, 1.54) is 0 Å². The molecule has 2 unspecified atom stereocenters. The van der Waals surface area contributed by atoms with Gasteiger partial charge in [0.05, 0.1) is 31.9 Å². The van der Waals surface area contributed by atoms with Crippen molar-refractivity contribution in [3.05, 3.63) is 63.4 Å². The molecule has 2 atom stereocenters. The average molecular weight is 603 g/mol. The molecule has 4 rings (SSSR count). The van der Waals surface area contributed by atoms with E-state index in [2.05, 4.69) is 31.4 Å². The number of alkyl carbamates (subject to hydrolysis) is 2. The number of ether oxygens (including phenoxy) is 4. The number of carbonyl (C=O) groups excluding carboxylic acids is 2. The van der Waals surface area contributed by atoms with Crippen LogP contribution in [0.4, 0.5) is 15.3 Å². The molecule has 10 heteroatoms. The molecule has 0 radical (unpaired) electrons. The zero-order valence-corrected chi connectivity index (χ0v) is 24.8. The van der Waals surface area contributed by atoms with Crippen LogP contribution in [0.5, 0.6) is 11.5 Å². The zero-order valence-electron chi connectivity index (χ0n) is 23.2. The van der Waals surface area contributed by atoms with Crippen LogP contribution in [0.15, 0.2) is 40.9 Å². The molecule has 2 aliphatic rings. The van der Waals surface area contributed by atoms with Crippen molar-refractivity contribution in [1.82, 2.24) is 10.6 Å². The van der Waals surface area contributed by atoms with Crippen LogP contribution in [0.25, 0.3) is 4.85 Å². The van der Waals surface area contributed by atoms with E-state index < -0.39 is 23.4 Å². The van der Waals surface area contributed by atoms with Crippen molar-refractivity contribution in [2.75, 3.05) is 13.2 Å². The molecule has 2 aliphatic heterocycles. The Balaban J connectivity index is 0.000000216. The van der Waals surface area contributed by atoms with E-state index in [9.17, 15) is 9.59 Å². The summed E-state index contributed by atoms with van der Waals surface area (Å²) in [6, 6.07) is 10.9. The Morgan fingerprint density at radius 2 is 1.31 bits per heavy atom. The predicted octanol–water partition coefficient (Wildman–Crippen LogP) is 7.38. The Hall–Kier alpha value is -3.45. The summed E-state index contributed by atoms with van der Waals surface area (Å²) in [5.41, 5.74) is 1.39. The summed E-state index contributed by atoms with van der Waals surface area (Å²) in [5.74, 6) is 1.47. The Kier molecular flexibility index (Phi) is 9.73. The van der Waals surface area contributed by atoms with E-state index in [0.717, 1.165) is 27.8 Å². The van der Waals surface area contributed by atoms with Crippen LogP contribution < -0.4 is 20.1 Å². The second kappa shape index (κ2) is 12.6. The Morgan fingerprint density at radius 3 is 1.77 bits per heavy atom. The molecule has 2 aromatic carbocycles. The van der Waals surface area contributed by atoms with E-state index in [4.69, 9.17) is 25.5 Å². The van der Waals surface area contributed by atoms with Crippen LogP contribution in [-0.2, 0) is 9.47 Å². The molecule has 2 aromatic rings. The summed E-state index contributed by atoms with van der Waals surface area (Å²) in [6.07, 6.45) is 0.593. The molecule has 0 fully saturated rings. The molecule has 2 N–H and O–H groups in total. The van der Waals surface area contributed by atoms with E-state index in [1.807, 2.05) is 65.8 Å². The lowest BCUT2D eigenvalue weighted by Gasteiger charge is -2.28. The summed E-state index contributed by atoms with van der Waals surface area (Å²) >= 11 is 3.41. The highest BCUT2D eigenvalue weighted by Gasteiger charge is 2.27. The van der Waals surface area contributed by atoms with Crippen molar-refractivity contribution in [3.63, 3.8) is 0 Å². The van der Waals surface area contributed by atoms with Gasteiger partial charge in [0.15, 0.2) is 5.69 Å². The SMILES string of the molecule is CC(C)(C)OC(=O)NC1CCOc2cc(Br)ccc21.[C-]#[N+]c1ccc2c(c1)OCCC2NC(=O)OC(C)(C)C. The summed E-state index contributed by atoms with van der Waals surface area (Å²) in [4.78, 5) is 27.0. The molecule has 0 spiro atoms. The fourth-order valence-electron chi connectivity index (χ4n) is 4.01. The molecule has 39 heavy (non-hydrogen) atoms. The lowest BCUT2D eigenvalue weighted by atomic mass is 10.0. The molecule has 2 heterocycles. The normalized spacial score (nSPS) is 17.8. The molecule has 0 aliphatic carbocycles. The van der Waals surface area contributed by atoms with Crippen LogP contribution in [0.3, 0.4) is 0 Å². The van der Waals surface area contributed by atoms with E-state index in [0.29, 0.717) is 31.1 Å². The third-order valence-corrected chi connectivity index (χ3v) is 6.06. The first-order valence-electron chi connectivity index (χ1n) is 12.8. The van der Waals surface area contributed by atoms with Gasteiger partial charge in [-0.05, 0) is 59.7 Å². The Morgan fingerprint density at radius 1 is 0.846 bits per heavy atom. The number of nitrogens with one attached hydrogen (secondary N) is 2. The third-order valence-electron chi connectivity index (χ3n) is 5.56. The first-order valence-corrected chi connectivity index (χ1v) is 13.6. The number of fused-ring (bicyclic) bond motifs is 2. The van der Waals surface area contributed by atoms with Gasteiger partial charge in [-0.3, -0.25) is 0 Å². The highest BCUT2D eigenvalue weighted by Crippen LogP contribution is 2.36. The Labute approximate surface area is 238 Å². The van der Waals surface area contributed by atoms with Crippen LogP contribution in [0.2, 0.25) is 0 Å². The van der Waals surface area contributed by atoms with Gasteiger partial charge in [-0.15, -0.1) is 0 Å². The van der Waals surface area contributed by atoms with Crippen molar-refractivity contribution in [2.45, 2.75) is 77.7 Å². The maximum atomic E-state index is 11.8. The summed E-state index contributed by atoms with van der Waals surface area (Å²) in [5, 5.41) is 5.75. The number of nitrogens with zero attached hydrogens (tertiary/aromatic N) is 1. The molecule has 0 saturated heterocycles. The highest BCUT2D eigenvalue weighted by molar-refractivity contribution is 9.10. The minimum absolute atomic E-state index is 0.0632. The van der Waals surface area contributed by atoms with Gasteiger partial charge in [-0.2, -0.15) is 0 Å². The van der Waals surface area contributed by atoms with Crippen molar-refractivity contribution in [1.29, 1.82) is 0 Å². The van der Waals surface area contributed by atoms with Gasteiger partial charge in [0.25, 0.3) is 0 Å². The topological polar surface area (TPSA) is 99.5 Å². The molecular weight excluding hydrogens is 566 g/mol. The summed E-state index contributed by atoms with van der Waals surface area (Å²) in [6.45, 7) is 19.1. The number of hydrogen-bond acceptors (Lipinski definition) is 6. The van der Waals surface area contributed by atoms with Gasteiger partial charge in [0, 0.05) is 28.4 Å². The van der Waals surface area contributed by atoms with Crippen molar-refractivity contribution < 1.29 is 28.5 Å². The standard InChI is InChI=1S/C15H18N2O3.C14H18BrNO3/c1-15(2,3)20-14(18)17-12-7-8-19-13-9-10(16-4)5-6-11(12)13;1-14(2,3)19-13(17)16-11-6-7-18-12-8-9(15)4-5-10(11)12/h5-6,9,12H,7-8H2,1-3H3,(H,17,18);4-5,8,11H,6-7H2,1-3H3,(H,16,17). The van der Waals surface area contributed by atoms with Crippen molar-refractivity contribution >= 4 is 33.8 Å². The maximum absolute atomic E-state index is 11.8. The fourth-order valence-corrected chi connectivity index (χ4v) is 4.35. The molecule has 0 aromatic heterocycles. The van der Waals surface area contributed by atoms with E-state index in [1.54, 1.807) is 12.1 Å². The lowest BCUT2D eigenvalue weighted by Crippen LogP contribution is -2.36. The minimum Gasteiger partial charge on any atom is -0.494 e. The predicted molar refractivity (Wildman–Crippen MR) is 151 cm³/mol. The van der Waals surface area contributed by atoms with Gasteiger partial charge in [-0.1, -0.05) is 34.1 Å². The molecule has 0 saturated carbocycles. The minimum atomic E-state index is -0.522. The van der Waals surface area contributed by atoms with Gasteiger partial charge >= 0.3 is 12.2 Å². The second-order valence-corrected chi connectivity index (χ2v) is 12.1. The number of hydrogen-bond donors (Lipinski definition) is 2. The van der Waals surface area contributed by atoms with Gasteiger partial charge in [-0.25, -0.2) is 14.4 Å². The summed E-state index contributed by atoms with van der Waals surface area (Å²) < 4.78 is 22.6. The van der Waals surface area contributed by atoms with Crippen LogP contribution >= 0.6 is 15.9 Å². The number of carbonyl (C=O) groups is 2. The summed E-state index contributed by atoms with van der Waals surface area (Å²) in [7, 11) is 0. The molecule has 0 bridgehead atoms. The zero-order chi connectivity index (χ0) is 28.8. The molecular formula is C29H36BrN3O6. The first-order chi connectivity index (χ1) is 18.2. The Bertz CT molecular complexity index is 1230. The smallest absolute Gasteiger partial charge is 0.408 e.